The highest BCUT2D eigenvalue weighted by molar-refractivity contribution is 5.38. The minimum absolute atomic E-state index is 0.243. The SMILES string of the molecule is CC(c1ccccc1O)(n1ccnc1)n1ccnc1. The number of hydrogen-bond acceptors (Lipinski definition) is 3. The standard InChI is InChI=1S/C14H14N4O/c1-14(17-8-6-15-10-17,18-9-7-16-11-18)12-4-2-3-5-13(12)19/h2-11,19H,1H3. The molecule has 0 radical (unpaired) electrons. The molecular weight excluding hydrogens is 240 g/mol. The van der Waals surface area contributed by atoms with Gasteiger partial charge in [-0.2, -0.15) is 0 Å². The van der Waals surface area contributed by atoms with Crippen LogP contribution in [0.25, 0.3) is 0 Å². The highest BCUT2D eigenvalue weighted by atomic mass is 16.3. The average Bonchev–Trinajstić information content (AvgIpc) is 3.12. The van der Waals surface area contributed by atoms with Crippen LogP contribution in [0.4, 0.5) is 0 Å². The van der Waals surface area contributed by atoms with Crippen LogP contribution in [0.3, 0.4) is 0 Å². The van der Waals surface area contributed by atoms with Crippen molar-refractivity contribution in [3.05, 3.63) is 67.3 Å². The molecule has 2 aromatic heterocycles. The zero-order chi connectivity index (χ0) is 13.3. The summed E-state index contributed by atoms with van der Waals surface area (Å²) in [5.74, 6) is 0.243. The zero-order valence-corrected chi connectivity index (χ0v) is 10.5. The number of phenols is 1. The molecule has 0 fully saturated rings. The molecule has 0 aliphatic heterocycles. The van der Waals surface area contributed by atoms with E-state index in [1.165, 1.54) is 0 Å². The summed E-state index contributed by atoms with van der Waals surface area (Å²) in [6, 6.07) is 7.29. The molecule has 0 saturated heterocycles. The maximum Gasteiger partial charge on any atom is 0.149 e. The molecule has 96 valence electrons. The molecule has 1 aromatic carbocycles. The van der Waals surface area contributed by atoms with E-state index >= 15 is 0 Å². The highest BCUT2D eigenvalue weighted by Crippen LogP contribution is 2.33. The molecule has 0 unspecified atom stereocenters. The zero-order valence-electron chi connectivity index (χ0n) is 10.5. The largest absolute Gasteiger partial charge is 0.508 e. The summed E-state index contributed by atoms with van der Waals surface area (Å²) in [5.41, 5.74) is 0.171. The van der Waals surface area contributed by atoms with Crippen LogP contribution < -0.4 is 0 Å². The van der Waals surface area contributed by atoms with Gasteiger partial charge in [-0.1, -0.05) is 18.2 Å². The molecule has 0 amide bonds. The summed E-state index contributed by atoms with van der Waals surface area (Å²) in [4.78, 5) is 8.20. The van der Waals surface area contributed by atoms with Crippen molar-refractivity contribution in [2.24, 2.45) is 0 Å². The molecule has 19 heavy (non-hydrogen) atoms. The van der Waals surface area contributed by atoms with E-state index in [0.29, 0.717) is 0 Å². The number of imidazole rings is 2. The van der Waals surface area contributed by atoms with Crippen LogP contribution in [0.15, 0.2) is 61.7 Å². The van der Waals surface area contributed by atoms with Gasteiger partial charge in [0, 0.05) is 30.4 Å². The number of phenolic OH excluding ortho intramolecular Hbond substituents is 1. The molecule has 1 N–H and O–H groups in total. The Morgan fingerprint density at radius 2 is 1.58 bits per heavy atom. The van der Waals surface area contributed by atoms with Crippen molar-refractivity contribution in [1.29, 1.82) is 0 Å². The number of aromatic nitrogens is 4. The molecule has 5 heteroatoms. The summed E-state index contributed by atoms with van der Waals surface area (Å²) in [5, 5.41) is 10.2. The fraction of sp³-hybridized carbons (Fsp3) is 0.143. The van der Waals surface area contributed by atoms with Crippen LogP contribution in [-0.4, -0.2) is 24.2 Å². The molecule has 3 aromatic rings. The lowest BCUT2D eigenvalue weighted by Crippen LogP contribution is -2.37. The lowest BCUT2D eigenvalue weighted by Gasteiger charge is -2.33. The van der Waals surface area contributed by atoms with Crippen molar-refractivity contribution in [3.63, 3.8) is 0 Å². The predicted octanol–water partition coefficient (Wildman–Crippen LogP) is 2.05. The van der Waals surface area contributed by atoms with Gasteiger partial charge in [0.2, 0.25) is 0 Å². The topological polar surface area (TPSA) is 55.9 Å². The van der Waals surface area contributed by atoms with E-state index in [2.05, 4.69) is 9.97 Å². The summed E-state index contributed by atoms with van der Waals surface area (Å²) >= 11 is 0. The van der Waals surface area contributed by atoms with Crippen LogP contribution in [0.2, 0.25) is 0 Å². The van der Waals surface area contributed by atoms with Gasteiger partial charge in [0.1, 0.15) is 11.4 Å². The first kappa shape index (κ1) is 11.5. The van der Waals surface area contributed by atoms with E-state index in [1.54, 1.807) is 37.2 Å². The Bertz CT molecular complexity index is 624. The molecule has 0 aliphatic rings. The van der Waals surface area contributed by atoms with Crippen molar-refractivity contribution in [2.75, 3.05) is 0 Å². The molecule has 3 rings (SSSR count). The Hall–Kier alpha value is -2.56. The van der Waals surface area contributed by atoms with E-state index in [4.69, 9.17) is 0 Å². The maximum atomic E-state index is 10.2. The van der Waals surface area contributed by atoms with Gasteiger partial charge in [-0.25, -0.2) is 9.97 Å². The third-order valence-corrected chi connectivity index (χ3v) is 3.43. The van der Waals surface area contributed by atoms with Gasteiger partial charge in [-0.3, -0.25) is 0 Å². The van der Waals surface area contributed by atoms with E-state index < -0.39 is 5.66 Å². The van der Waals surface area contributed by atoms with Gasteiger partial charge in [-0.05, 0) is 13.0 Å². The molecule has 5 nitrogen and oxygen atoms in total. The number of hydrogen-bond donors (Lipinski definition) is 1. The first-order chi connectivity index (χ1) is 9.23. The average molecular weight is 254 g/mol. The Morgan fingerprint density at radius 1 is 1.00 bits per heavy atom. The lowest BCUT2D eigenvalue weighted by molar-refractivity contribution is 0.310. The summed E-state index contributed by atoms with van der Waals surface area (Å²) in [6.45, 7) is 2.01. The van der Waals surface area contributed by atoms with Gasteiger partial charge >= 0.3 is 0 Å². The Morgan fingerprint density at radius 3 is 2.05 bits per heavy atom. The van der Waals surface area contributed by atoms with Crippen LogP contribution in [0.1, 0.15) is 12.5 Å². The highest BCUT2D eigenvalue weighted by Gasteiger charge is 2.32. The normalized spacial score (nSPS) is 11.6. The Balaban J connectivity index is 2.27. The second-order valence-corrected chi connectivity index (χ2v) is 4.48. The smallest absolute Gasteiger partial charge is 0.149 e. The lowest BCUT2D eigenvalue weighted by atomic mass is 9.99. The quantitative estimate of drug-likeness (QED) is 0.778. The van der Waals surface area contributed by atoms with Gasteiger partial charge < -0.3 is 14.2 Å². The minimum Gasteiger partial charge on any atom is -0.508 e. The van der Waals surface area contributed by atoms with Crippen molar-refractivity contribution < 1.29 is 5.11 Å². The predicted molar refractivity (Wildman–Crippen MR) is 70.7 cm³/mol. The van der Waals surface area contributed by atoms with Gasteiger partial charge in [0.25, 0.3) is 0 Å². The van der Waals surface area contributed by atoms with Crippen molar-refractivity contribution in [1.82, 2.24) is 19.1 Å². The van der Waals surface area contributed by atoms with E-state index in [-0.39, 0.29) is 5.75 Å². The number of aromatic hydroxyl groups is 1. The molecule has 0 atom stereocenters. The number of nitrogens with zero attached hydrogens (tertiary/aromatic N) is 4. The van der Waals surface area contributed by atoms with E-state index in [0.717, 1.165) is 5.56 Å². The van der Waals surface area contributed by atoms with Crippen molar-refractivity contribution in [3.8, 4) is 5.75 Å². The molecule has 0 saturated carbocycles. The van der Waals surface area contributed by atoms with Crippen molar-refractivity contribution >= 4 is 0 Å². The second-order valence-electron chi connectivity index (χ2n) is 4.48. The molecule has 0 spiro atoms. The molecular formula is C14H14N4O. The number of para-hydroxylation sites is 1. The monoisotopic (exact) mass is 254 g/mol. The fourth-order valence-corrected chi connectivity index (χ4v) is 2.32. The Labute approximate surface area is 110 Å². The molecule has 0 bridgehead atoms. The fourth-order valence-electron chi connectivity index (χ4n) is 2.32. The maximum absolute atomic E-state index is 10.2. The van der Waals surface area contributed by atoms with Crippen LogP contribution in [0, 0.1) is 0 Å². The van der Waals surface area contributed by atoms with Gasteiger partial charge in [0.05, 0.1) is 12.7 Å². The van der Waals surface area contributed by atoms with E-state index in [1.807, 2.05) is 40.6 Å². The van der Waals surface area contributed by atoms with Crippen LogP contribution in [-0.2, 0) is 5.66 Å². The second kappa shape index (κ2) is 4.28. The van der Waals surface area contributed by atoms with Gasteiger partial charge in [0.15, 0.2) is 0 Å². The summed E-state index contributed by atoms with van der Waals surface area (Å²) in [6.07, 6.45) is 10.6. The van der Waals surface area contributed by atoms with E-state index in [9.17, 15) is 5.11 Å². The third kappa shape index (κ3) is 1.71. The Kier molecular flexibility index (Phi) is 2.59. The number of rotatable bonds is 3. The molecule has 2 heterocycles. The first-order valence-corrected chi connectivity index (χ1v) is 5.98. The third-order valence-electron chi connectivity index (χ3n) is 3.43. The number of benzene rings is 1. The first-order valence-electron chi connectivity index (χ1n) is 5.98. The molecule has 0 aliphatic carbocycles. The summed E-state index contributed by atoms with van der Waals surface area (Å²) in [7, 11) is 0. The van der Waals surface area contributed by atoms with Crippen molar-refractivity contribution in [2.45, 2.75) is 12.6 Å². The summed E-state index contributed by atoms with van der Waals surface area (Å²) < 4.78 is 3.87. The van der Waals surface area contributed by atoms with Gasteiger partial charge in [-0.15, -0.1) is 0 Å². The minimum atomic E-state index is -0.613. The van der Waals surface area contributed by atoms with Crippen LogP contribution in [0.5, 0.6) is 5.75 Å². The van der Waals surface area contributed by atoms with Crippen LogP contribution >= 0.6 is 0 Å².